The Labute approximate surface area is 237 Å². The maximum Gasteiger partial charge on any atom is 0.150 e. The number of para-hydroxylation sites is 4. The van der Waals surface area contributed by atoms with Crippen molar-refractivity contribution >= 4 is 66.8 Å². The molecule has 0 N–H and O–H groups in total. The zero-order chi connectivity index (χ0) is 26.1. The van der Waals surface area contributed by atoms with Crippen LogP contribution in [-0.4, -0.2) is 19.1 Å². The Morgan fingerprint density at radius 3 is 1.33 bits per heavy atom. The molecule has 8 aromatic rings. The summed E-state index contributed by atoms with van der Waals surface area (Å²) in [6, 6.07) is 34.3. The van der Waals surface area contributed by atoms with Gasteiger partial charge in [0.05, 0.1) is 41.6 Å². The van der Waals surface area contributed by atoms with Crippen LogP contribution in [0.1, 0.15) is 0 Å². The zero-order valence-corrected chi connectivity index (χ0v) is 23.7. The van der Waals surface area contributed by atoms with Crippen molar-refractivity contribution in [1.82, 2.24) is 19.1 Å². The minimum absolute atomic E-state index is 1.01. The largest absolute Gasteiger partial charge is 0.326 e. The molecule has 5 aromatic heterocycles. The lowest BCUT2D eigenvalue weighted by Gasteiger charge is -1.99. The fraction of sp³-hybridized carbons (Fsp3) is 0.0625. The van der Waals surface area contributed by atoms with Crippen molar-refractivity contribution in [3.05, 3.63) is 97.1 Å². The van der Waals surface area contributed by atoms with E-state index >= 15 is 0 Å². The van der Waals surface area contributed by atoms with Crippen molar-refractivity contribution < 1.29 is 0 Å². The van der Waals surface area contributed by atoms with Gasteiger partial charge in [-0.1, -0.05) is 48.5 Å². The van der Waals surface area contributed by atoms with E-state index in [9.17, 15) is 0 Å². The first kappa shape index (κ1) is 22.9. The first-order chi connectivity index (χ1) is 19.2. The summed E-state index contributed by atoms with van der Waals surface area (Å²) in [6.45, 7) is 0. The number of nitrogens with zero attached hydrogens (tertiary/aromatic N) is 4. The predicted octanol–water partition coefficient (Wildman–Crippen LogP) is 9.47. The minimum Gasteiger partial charge on any atom is -0.326 e. The highest BCUT2D eigenvalue weighted by Gasteiger charge is 2.20. The van der Waals surface area contributed by atoms with E-state index in [0.29, 0.717) is 0 Å². The summed E-state index contributed by atoms with van der Waals surface area (Å²) in [4.78, 5) is 17.4. The van der Waals surface area contributed by atoms with Crippen molar-refractivity contribution in [2.24, 2.45) is 14.1 Å². The van der Waals surface area contributed by atoms with E-state index in [1.807, 2.05) is 46.1 Å². The number of aromatic nitrogens is 4. The van der Waals surface area contributed by atoms with Crippen LogP contribution in [0, 0.1) is 0 Å². The van der Waals surface area contributed by atoms with Crippen LogP contribution in [0.3, 0.4) is 0 Å². The summed E-state index contributed by atoms with van der Waals surface area (Å²) in [7, 11) is 4.20. The molecule has 7 heteroatoms. The molecule has 0 saturated carbocycles. The fourth-order valence-corrected chi connectivity index (χ4v) is 8.94. The van der Waals surface area contributed by atoms with Gasteiger partial charge in [-0.3, -0.25) is 0 Å². The van der Waals surface area contributed by atoms with E-state index in [0.717, 1.165) is 33.7 Å². The molecule has 0 atom stereocenters. The number of aryl methyl sites for hydroxylation is 2. The van der Waals surface area contributed by atoms with Gasteiger partial charge in [-0.2, -0.15) is 0 Å². The molecule has 0 fully saturated rings. The molecule has 0 aliphatic rings. The molecule has 4 nitrogen and oxygen atoms in total. The number of hydrogen-bond acceptors (Lipinski definition) is 5. The van der Waals surface area contributed by atoms with E-state index in [2.05, 4.69) is 108 Å². The molecule has 188 valence electrons. The van der Waals surface area contributed by atoms with Crippen LogP contribution in [0.2, 0.25) is 0 Å². The number of thiophene rings is 3. The molecule has 0 unspecified atom stereocenters. The van der Waals surface area contributed by atoms with E-state index in [1.165, 1.54) is 40.0 Å². The second kappa shape index (κ2) is 8.74. The summed E-state index contributed by atoms with van der Waals surface area (Å²) in [5.74, 6) is 2.03. The van der Waals surface area contributed by atoms with Gasteiger partial charge in [0, 0.05) is 34.6 Å². The van der Waals surface area contributed by atoms with Gasteiger partial charge in [-0.05, 0) is 48.5 Å². The second-order valence-electron chi connectivity index (χ2n) is 9.60. The SMILES string of the molecule is Cn1c(-c2ccc(-c3sc(-c4ccc(-c5nc6ccccc6n5C)s4)c4ccccc34)s2)nc2ccccc21. The molecule has 5 heterocycles. The third-order valence-corrected chi connectivity index (χ3v) is 11.0. The van der Waals surface area contributed by atoms with Crippen molar-refractivity contribution in [2.45, 2.75) is 0 Å². The third kappa shape index (κ3) is 3.54. The number of hydrogen-bond donors (Lipinski definition) is 0. The Bertz CT molecular complexity index is 2020. The van der Waals surface area contributed by atoms with Gasteiger partial charge in [0.1, 0.15) is 0 Å². The molecule has 3 aromatic carbocycles. The van der Waals surface area contributed by atoms with Gasteiger partial charge in [-0.25, -0.2) is 9.97 Å². The average Bonchev–Trinajstić information content (AvgIpc) is 3.79. The molecule has 8 rings (SSSR count). The smallest absolute Gasteiger partial charge is 0.150 e. The van der Waals surface area contributed by atoms with Crippen molar-refractivity contribution in [2.75, 3.05) is 0 Å². The second-order valence-corrected chi connectivity index (χ2v) is 12.8. The van der Waals surface area contributed by atoms with Crippen LogP contribution in [0.4, 0.5) is 0 Å². The zero-order valence-electron chi connectivity index (χ0n) is 21.3. The highest BCUT2D eigenvalue weighted by atomic mass is 32.1. The van der Waals surface area contributed by atoms with Crippen molar-refractivity contribution in [3.8, 4) is 40.9 Å². The summed E-state index contributed by atoms with van der Waals surface area (Å²) in [5.41, 5.74) is 4.37. The predicted molar refractivity (Wildman–Crippen MR) is 168 cm³/mol. The Kier molecular flexibility index (Phi) is 5.13. The molecule has 39 heavy (non-hydrogen) atoms. The third-order valence-electron chi connectivity index (χ3n) is 7.30. The Morgan fingerprint density at radius 2 is 0.872 bits per heavy atom. The lowest BCUT2D eigenvalue weighted by Crippen LogP contribution is -1.89. The van der Waals surface area contributed by atoms with E-state index in [1.54, 1.807) is 0 Å². The van der Waals surface area contributed by atoms with Gasteiger partial charge < -0.3 is 9.13 Å². The lowest BCUT2D eigenvalue weighted by molar-refractivity contribution is 0.963. The summed E-state index contributed by atoms with van der Waals surface area (Å²) >= 11 is 5.51. The van der Waals surface area contributed by atoms with Crippen molar-refractivity contribution in [1.29, 1.82) is 0 Å². The number of benzene rings is 3. The van der Waals surface area contributed by atoms with Crippen LogP contribution in [-0.2, 0) is 14.1 Å². The van der Waals surface area contributed by atoms with Gasteiger partial charge in [0.15, 0.2) is 11.6 Å². The molecule has 0 aliphatic heterocycles. The topological polar surface area (TPSA) is 35.6 Å². The molecule has 0 bridgehead atoms. The van der Waals surface area contributed by atoms with E-state index in [4.69, 9.17) is 9.97 Å². The van der Waals surface area contributed by atoms with Gasteiger partial charge >= 0.3 is 0 Å². The molecule has 0 saturated heterocycles. The molecule has 0 aliphatic carbocycles. The summed E-state index contributed by atoms with van der Waals surface area (Å²) in [6.07, 6.45) is 0. The first-order valence-corrected chi connectivity index (χ1v) is 15.2. The lowest BCUT2D eigenvalue weighted by atomic mass is 10.1. The normalized spacial score (nSPS) is 11.8. The van der Waals surface area contributed by atoms with Crippen LogP contribution in [0.5, 0.6) is 0 Å². The number of fused-ring (bicyclic) bond motifs is 3. The Balaban J connectivity index is 1.22. The molecular weight excluding hydrogens is 537 g/mol. The monoisotopic (exact) mass is 558 g/mol. The van der Waals surface area contributed by atoms with Crippen molar-refractivity contribution in [3.63, 3.8) is 0 Å². The first-order valence-electron chi connectivity index (χ1n) is 12.7. The van der Waals surface area contributed by atoms with Gasteiger partial charge in [0.2, 0.25) is 0 Å². The quantitative estimate of drug-likeness (QED) is 0.216. The fourth-order valence-electron chi connectivity index (χ4n) is 5.35. The summed E-state index contributed by atoms with van der Waals surface area (Å²) < 4.78 is 4.38. The van der Waals surface area contributed by atoms with E-state index in [-0.39, 0.29) is 0 Å². The number of rotatable bonds is 4. The highest BCUT2D eigenvalue weighted by molar-refractivity contribution is 7.29. The van der Waals surface area contributed by atoms with Crippen LogP contribution in [0.15, 0.2) is 97.1 Å². The minimum atomic E-state index is 1.01. The van der Waals surface area contributed by atoms with Crippen LogP contribution >= 0.6 is 34.0 Å². The molecule has 0 radical (unpaired) electrons. The van der Waals surface area contributed by atoms with Crippen LogP contribution in [0.25, 0.3) is 73.8 Å². The maximum atomic E-state index is 4.93. The summed E-state index contributed by atoms with van der Waals surface area (Å²) in [5, 5.41) is 2.60. The Hall–Kier alpha value is -4.04. The van der Waals surface area contributed by atoms with Gasteiger partial charge in [-0.15, -0.1) is 34.0 Å². The maximum absolute atomic E-state index is 4.93. The number of imidazole rings is 2. The molecule has 0 amide bonds. The average molecular weight is 559 g/mol. The Morgan fingerprint density at radius 1 is 0.462 bits per heavy atom. The van der Waals surface area contributed by atoms with Gasteiger partial charge in [0.25, 0.3) is 0 Å². The van der Waals surface area contributed by atoms with Crippen LogP contribution < -0.4 is 0 Å². The standard InChI is InChI=1S/C32H22N4S3/c1-35-23-13-7-5-11-21(23)33-31(35)27-17-15-25(37-27)29-19-9-3-4-10-20(19)30(39-29)26-16-18-28(38-26)32-34-22-12-6-8-14-24(22)36(32)2/h3-18H,1-2H3. The molecule has 0 spiro atoms. The highest BCUT2D eigenvalue weighted by Crippen LogP contribution is 2.49. The van der Waals surface area contributed by atoms with E-state index < -0.39 is 0 Å². The molecular formula is C32H22N4S3.